The maximum atomic E-state index is 13.9. The van der Waals surface area contributed by atoms with Crippen LogP contribution in [0.5, 0.6) is 0 Å². The van der Waals surface area contributed by atoms with Crippen LogP contribution in [0.1, 0.15) is 0 Å². The molecular formula is C40H22N2O2. The van der Waals surface area contributed by atoms with Gasteiger partial charge in [0.15, 0.2) is 0 Å². The van der Waals surface area contributed by atoms with Gasteiger partial charge in [-0.15, -0.1) is 0 Å². The Labute approximate surface area is 250 Å². The van der Waals surface area contributed by atoms with Crippen LogP contribution in [0.4, 0.5) is 0 Å². The van der Waals surface area contributed by atoms with E-state index in [0.29, 0.717) is 11.2 Å². The van der Waals surface area contributed by atoms with E-state index in [9.17, 15) is 4.79 Å². The number of pyridine rings is 1. The van der Waals surface area contributed by atoms with Gasteiger partial charge >= 0.3 is 0 Å². The molecule has 0 saturated carbocycles. The van der Waals surface area contributed by atoms with Crippen molar-refractivity contribution >= 4 is 70.7 Å². The number of aromatic nitrogens is 2. The van der Waals surface area contributed by atoms with Gasteiger partial charge in [-0.05, 0) is 86.6 Å². The van der Waals surface area contributed by atoms with Gasteiger partial charge in [0.1, 0.15) is 17.0 Å². The van der Waals surface area contributed by atoms with Gasteiger partial charge in [-0.25, -0.2) is 4.98 Å². The smallest absolute Gasteiger partial charge is 0.264 e. The molecule has 4 heteroatoms. The summed E-state index contributed by atoms with van der Waals surface area (Å²) in [5.74, 6) is 0.640. The van der Waals surface area contributed by atoms with E-state index in [2.05, 4.69) is 84.9 Å². The number of imidazole rings is 1. The third kappa shape index (κ3) is 3.17. The van der Waals surface area contributed by atoms with Crippen LogP contribution >= 0.6 is 0 Å². The summed E-state index contributed by atoms with van der Waals surface area (Å²) >= 11 is 0. The predicted molar refractivity (Wildman–Crippen MR) is 181 cm³/mol. The summed E-state index contributed by atoms with van der Waals surface area (Å²) in [5, 5.41) is 9.65. The van der Waals surface area contributed by atoms with Crippen LogP contribution in [-0.2, 0) is 0 Å². The molecule has 0 N–H and O–H groups in total. The van der Waals surface area contributed by atoms with Gasteiger partial charge in [0.25, 0.3) is 5.56 Å². The molecule has 44 heavy (non-hydrogen) atoms. The van der Waals surface area contributed by atoms with Gasteiger partial charge in [-0.2, -0.15) is 0 Å². The van der Waals surface area contributed by atoms with E-state index in [4.69, 9.17) is 9.40 Å². The van der Waals surface area contributed by atoms with E-state index < -0.39 is 0 Å². The first-order valence-electron chi connectivity index (χ1n) is 14.8. The molecule has 0 aliphatic carbocycles. The third-order valence-electron chi connectivity index (χ3n) is 9.13. The number of hydrogen-bond donors (Lipinski definition) is 0. The molecule has 0 saturated heterocycles. The Balaban J connectivity index is 1.19. The first-order valence-corrected chi connectivity index (χ1v) is 14.8. The molecule has 0 fully saturated rings. The van der Waals surface area contributed by atoms with Crippen LogP contribution in [0.3, 0.4) is 0 Å². The topological polar surface area (TPSA) is 47.5 Å². The monoisotopic (exact) mass is 562 g/mol. The minimum absolute atomic E-state index is 0.0555. The molecule has 4 nitrogen and oxygen atoms in total. The van der Waals surface area contributed by atoms with Crippen molar-refractivity contribution in [2.45, 2.75) is 0 Å². The van der Waals surface area contributed by atoms with E-state index in [1.54, 1.807) is 4.40 Å². The number of fused-ring (bicyclic) bond motifs is 8. The van der Waals surface area contributed by atoms with Gasteiger partial charge in [-0.3, -0.25) is 9.20 Å². The summed E-state index contributed by atoms with van der Waals surface area (Å²) in [6.07, 6.45) is 0. The van der Waals surface area contributed by atoms with E-state index >= 15 is 0 Å². The molecule has 0 aliphatic heterocycles. The van der Waals surface area contributed by atoms with Crippen molar-refractivity contribution in [3.05, 3.63) is 144 Å². The van der Waals surface area contributed by atoms with Gasteiger partial charge in [-0.1, -0.05) is 84.9 Å². The first-order chi connectivity index (χ1) is 21.7. The van der Waals surface area contributed by atoms with Crippen molar-refractivity contribution in [2.75, 3.05) is 0 Å². The molecule has 10 aromatic rings. The fourth-order valence-corrected chi connectivity index (χ4v) is 7.04. The Morgan fingerprint density at radius 3 is 1.89 bits per heavy atom. The normalized spacial score (nSPS) is 12.2. The minimum Gasteiger partial charge on any atom is -0.456 e. The van der Waals surface area contributed by atoms with E-state index in [1.165, 1.54) is 21.5 Å². The summed E-state index contributed by atoms with van der Waals surface area (Å²) in [4.78, 5) is 18.8. The summed E-state index contributed by atoms with van der Waals surface area (Å²) < 4.78 is 8.06. The van der Waals surface area contributed by atoms with Crippen molar-refractivity contribution in [1.82, 2.24) is 9.38 Å². The highest BCUT2D eigenvalue weighted by Gasteiger charge is 2.19. The fraction of sp³-hybridized carbons (Fsp3) is 0. The maximum absolute atomic E-state index is 13.9. The quantitative estimate of drug-likeness (QED) is 0.197. The second-order valence-corrected chi connectivity index (χ2v) is 11.5. The number of hydrogen-bond acceptors (Lipinski definition) is 3. The second-order valence-electron chi connectivity index (χ2n) is 11.5. The van der Waals surface area contributed by atoms with Crippen molar-refractivity contribution in [2.24, 2.45) is 0 Å². The summed E-state index contributed by atoms with van der Waals surface area (Å²) in [6.45, 7) is 0. The Morgan fingerprint density at radius 1 is 0.477 bits per heavy atom. The van der Waals surface area contributed by atoms with Crippen LogP contribution in [0.2, 0.25) is 0 Å². The maximum Gasteiger partial charge on any atom is 0.264 e. The highest BCUT2D eigenvalue weighted by molar-refractivity contribution is 6.13. The number of benzene rings is 7. The fourth-order valence-electron chi connectivity index (χ4n) is 7.04. The minimum atomic E-state index is -0.0555. The molecule has 0 amide bonds. The van der Waals surface area contributed by atoms with E-state index in [1.807, 2.05) is 48.5 Å². The van der Waals surface area contributed by atoms with Crippen LogP contribution in [0, 0.1) is 0 Å². The number of furan rings is 1. The van der Waals surface area contributed by atoms with Gasteiger partial charge in [0.2, 0.25) is 0 Å². The molecule has 0 radical (unpaired) electrons. The molecule has 3 heterocycles. The van der Waals surface area contributed by atoms with E-state index in [-0.39, 0.29) is 5.56 Å². The average molecular weight is 563 g/mol. The lowest BCUT2D eigenvalue weighted by atomic mass is 9.96. The molecule has 0 unspecified atom stereocenters. The van der Waals surface area contributed by atoms with Crippen molar-refractivity contribution < 1.29 is 4.42 Å². The van der Waals surface area contributed by atoms with Crippen LogP contribution in [0.25, 0.3) is 93.2 Å². The summed E-state index contributed by atoms with van der Waals surface area (Å²) in [7, 11) is 0. The second kappa shape index (κ2) is 8.52. The average Bonchev–Trinajstić information content (AvgIpc) is 3.65. The largest absolute Gasteiger partial charge is 0.456 e. The van der Waals surface area contributed by atoms with Gasteiger partial charge < -0.3 is 4.42 Å². The standard InChI is InChI=1S/C40H22N2O2/c43-40-31-9-4-3-8-29(31)30-10-5-11-35-38(30)42(40)39(41-35)27-17-19-37-34(22-27)33-21-26(16-18-36(33)44-37)25-15-14-24-13-12-23-6-1-2-7-28(23)32(24)20-25/h1-22H. The van der Waals surface area contributed by atoms with Crippen molar-refractivity contribution in [1.29, 1.82) is 0 Å². The molecule has 0 bridgehead atoms. The Hall–Kier alpha value is -6.00. The lowest BCUT2D eigenvalue weighted by Crippen LogP contribution is -2.14. The zero-order valence-corrected chi connectivity index (χ0v) is 23.4. The summed E-state index contributed by atoms with van der Waals surface area (Å²) in [5.41, 5.74) is 6.39. The molecule has 10 rings (SSSR count). The lowest BCUT2D eigenvalue weighted by molar-refractivity contribution is 0.669. The highest BCUT2D eigenvalue weighted by Crippen LogP contribution is 2.37. The highest BCUT2D eigenvalue weighted by atomic mass is 16.3. The predicted octanol–water partition coefficient (Wildman–Crippen LogP) is 9.98. The molecule has 0 aliphatic rings. The van der Waals surface area contributed by atoms with Crippen LogP contribution < -0.4 is 5.56 Å². The zero-order valence-electron chi connectivity index (χ0n) is 23.4. The molecular weight excluding hydrogens is 540 g/mol. The molecule has 0 atom stereocenters. The van der Waals surface area contributed by atoms with Gasteiger partial charge in [0, 0.05) is 27.1 Å². The molecule has 7 aromatic carbocycles. The SMILES string of the molecule is O=c1c2ccccc2c2cccc3nc(-c4ccc5oc6ccc(-c7ccc8ccc9ccccc9c8c7)cc6c5c4)n1c32. The first kappa shape index (κ1) is 23.6. The summed E-state index contributed by atoms with van der Waals surface area (Å²) in [6, 6.07) is 45.9. The number of rotatable bonds is 2. The lowest BCUT2D eigenvalue weighted by Gasteiger charge is -2.08. The molecule has 204 valence electrons. The number of para-hydroxylation sites is 1. The van der Waals surface area contributed by atoms with E-state index in [0.717, 1.165) is 60.4 Å². The Kier molecular flexibility index (Phi) is 4.56. The van der Waals surface area contributed by atoms with Crippen molar-refractivity contribution in [3.63, 3.8) is 0 Å². The molecule has 0 spiro atoms. The Morgan fingerprint density at radius 2 is 1.07 bits per heavy atom. The van der Waals surface area contributed by atoms with Crippen molar-refractivity contribution in [3.8, 4) is 22.5 Å². The zero-order chi connectivity index (χ0) is 28.9. The van der Waals surface area contributed by atoms with Crippen LogP contribution in [-0.4, -0.2) is 9.38 Å². The Bertz CT molecular complexity index is 2860. The third-order valence-corrected chi connectivity index (χ3v) is 9.13. The van der Waals surface area contributed by atoms with Gasteiger partial charge in [0.05, 0.1) is 11.0 Å². The molecule has 3 aromatic heterocycles. The number of nitrogens with zero attached hydrogens (tertiary/aromatic N) is 2. The van der Waals surface area contributed by atoms with Crippen LogP contribution in [0.15, 0.2) is 143 Å².